The standard InChI is InChI=1S/C14H17N3O2S/c1-8-9(2)20-14-12(8)13(15-7-16-14)17(6-11(18)19)5-10-3-4-10/h7,10H,3-6H2,1-2H3,(H,18,19). The molecule has 0 spiro atoms. The first-order valence-electron chi connectivity index (χ1n) is 6.73. The number of carboxylic acids is 1. The molecule has 2 aromatic heterocycles. The molecule has 1 saturated carbocycles. The summed E-state index contributed by atoms with van der Waals surface area (Å²) in [5, 5.41) is 10.2. The zero-order valence-corrected chi connectivity index (χ0v) is 12.4. The molecule has 0 unspecified atom stereocenters. The van der Waals surface area contributed by atoms with Gasteiger partial charge in [-0.2, -0.15) is 0 Å². The van der Waals surface area contributed by atoms with Gasteiger partial charge in [0.05, 0.1) is 5.39 Å². The Hall–Kier alpha value is -1.69. The van der Waals surface area contributed by atoms with E-state index in [2.05, 4.69) is 23.8 Å². The van der Waals surface area contributed by atoms with Crippen molar-refractivity contribution < 1.29 is 9.90 Å². The highest BCUT2D eigenvalue weighted by Crippen LogP contribution is 2.36. The van der Waals surface area contributed by atoms with Crippen LogP contribution in [0.25, 0.3) is 10.2 Å². The van der Waals surface area contributed by atoms with Gasteiger partial charge in [-0.15, -0.1) is 11.3 Å². The molecule has 2 aromatic rings. The molecule has 0 amide bonds. The van der Waals surface area contributed by atoms with E-state index in [4.69, 9.17) is 5.11 Å². The van der Waals surface area contributed by atoms with Crippen LogP contribution in [0, 0.1) is 19.8 Å². The first-order valence-corrected chi connectivity index (χ1v) is 7.55. The summed E-state index contributed by atoms with van der Waals surface area (Å²) >= 11 is 1.64. The van der Waals surface area contributed by atoms with E-state index in [1.807, 2.05) is 4.90 Å². The fraction of sp³-hybridized carbons (Fsp3) is 0.500. The molecular weight excluding hydrogens is 274 g/mol. The van der Waals surface area contributed by atoms with Gasteiger partial charge in [0.2, 0.25) is 0 Å². The summed E-state index contributed by atoms with van der Waals surface area (Å²) in [5.41, 5.74) is 1.16. The molecule has 1 aliphatic rings. The number of hydrogen-bond donors (Lipinski definition) is 1. The molecule has 1 N–H and O–H groups in total. The SMILES string of the molecule is Cc1sc2ncnc(N(CC(=O)O)CC3CC3)c2c1C. The monoisotopic (exact) mass is 291 g/mol. The smallest absolute Gasteiger partial charge is 0.323 e. The van der Waals surface area contributed by atoms with E-state index >= 15 is 0 Å². The Labute approximate surface area is 121 Å². The predicted octanol–water partition coefficient (Wildman–Crippen LogP) is 2.61. The Balaban J connectivity index is 2.06. The van der Waals surface area contributed by atoms with Crippen molar-refractivity contribution in [2.24, 2.45) is 5.92 Å². The Morgan fingerprint density at radius 3 is 2.85 bits per heavy atom. The number of aryl methyl sites for hydroxylation is 2. The van der Waals surface area contributed by atoms with E-state index in [0.29, 0.717) is 5.92 Å². The molecule has 0 aromatic carbocycles. The van der Waals surface area contributed by atoms with Gasteiger partial charge in [-0.1, -0.05) is 0 Å². The number of nitrogens with zero attached hydrogens (tertiary/aromatic N) is 3. The number of carbonyl (C=O) groups is 1. The predicted molar refractivity (Wildman–Crippen MR) is 79.5 cm³/mol. The van der Waals surface area contributed by atoms with Crippen LogP contribution in [0.3, 0.4) is 0 Å². The third kappa shape index (κ3) is 2.47. The molecule has 3 rings (SSSR count). The van der Waals surface area contributed by atoms with Crippen LogP contribution in [0.15, 0.2) is 6.33 Å². The molecule has 1 fully saturated rings. The highest BCUT2D eigenvalue weighted by atomic mass is 32.1. The summed E-state index contributed by atoms with van der Waals surface area (Å²) < 4.78 is 0. The molecule has 6 heteroatoms. The summed E-state index contributed by atoms with van der Waals surface area (Å²) in [5.74, 6) is 0.563. The van der Waals surface area contributed by atoms with Gasteiger partial charge in [0, 0.05) is 11.4 Å². The molecule has 106 valence electrons. The van der Waals surface area contributed by atoms with Crippen LogP contribution in [0.1, 0.15) is 23.3 Å². The third-order valence-electron chi connectivity index (χ3n) is 3.75. The van der Waals surface area contributed by atoms with Crippen LogP contribution < -0.4 is 4.90 Å². The summed E-state index contributed by atoms with van der Waals surface area (Å²) in [7, 11) is 0. The lowest BCUT2D eigenvalue weighted by Gasteiger charge is -2.22. The summed E-state index contributed by atoms with van der Waals surface area (Å²) in [6.45, 7) is 4.88. The van der Waals surface area contributed by atoms with Gasteiger partial charge < -0.3 is 10.0 Å². The van der Waals surface area contributed by atoms with Crippen LogP contribution in [0.5, 0.6) is 0 Å². The molecule has 2 heterocycles. The maximum absolute atomic E-state index is 11.1. The van der Waals surface area contributed by atoms with Crippen molar-refractivity contribution in [3.05, 3.63) is 16.8 Å². The summed E-state index contributed by atoms with van der Waals surface area (Å²) in [6, 6.07) is 0. The molecule has 0 saturated heterocycles. The second-order valence-electron chi connectivity index (χ2n) is 5.38. The number of thiophene rings is 1. The van der Waals surface area contributed by atoms with Crippen molar-refractivity contribution in [1.29, 1.82) is 0 Å². The molecular formula is C14H17N3O2S. The molecule has 20 heavy (non-hydrogen) atoms. The zero-order chi connectivity index (χ0) is 14.3. The topological polar surface area (TPSA) is 66.3 Å². The van der Waals surface area contributed by atoms with Crippen molar-refractivity contribution in [3.8, 4) is 0 Å². The Morgan fingerprint density at radius 2 is 2.20 bits per heavy atom. The summed E-state index contributed by atoms with van der Waals surface area (Å²) in [6.07, 6.45) is 3.91. The second-order valence-corrected chi connectivity index (χ2v) is 6.58. The normalized spacial score (nSPS) is 14.7. The first kappa shape index (κ1) is 13.3. The van der Waals surface area contributed by atoms with Crippen molar-refractivity contribution in [2.45, 2.75) is 26.7 Å². The van der Waals surface area contributed by atoms with Crippen LogP contribution in [0.4, 0.5) is 5.82 Å². The number of carboxylic acid groups (broad SMARTS) is 1. The lowest BCUT2D eigenvalue weighted by Crippen LogP contribution is -2.32. The quantitative estimate of drug-likeness (QED) is 0.917. The summed E-state index contributed by atoms with van der Waals surface area (Å²) in [4.78, 5) is 23.9. The Bertz CT molecular complexity index is 664. The van der Waals surface area contributed by atoms with Crippen LogP contribution in [-0.2, 0) is 4.79 Å². The largest absolute Gasteiger partial charge is 0.480 e. The minimum absolute atomic E-state index is 0.00303. The van der Waals surface area contributed by atoms with E-state index in [-0.39, 0.29) is 6.54 Å². The van der Waals surface area contributed by atoms with E-state index in [9.17, 15) is 4.79 Å². The molecule has 0 bridgehead atoms. The third-order valence-corrected chi connectivity index (χ3v) is 4.86. The van der Waals surface area contributed by atoms with E-state index in [1.54, 1.807) is 11.3 Å². The van der Waals surface area contributed by atoms with Crippen molar-refractivity contribution in [3.63, 3.8) is 0 Å². The fourth-order valence-electron chi connectivity index (χ4n) is 2.40. The van der Waals surface area contributed by atoms with Crippen LogP contribution in [0.2, 0.25) is 0 Å². The maximum Gasteiger partial charge on any atom is 0.323 e. The van der Waals surface area contributed by atoms with E-state index in [0.717, 1.165) is 28.1 Å². The highest BCUT2D eigenvalue weighted by Gasteiger charge is 2.27. The zero-order valence-electron chi connectivity index (χ0n) is 11.6. The van der Waals surface area contributed by atoms with E-state index in [1.165, 1.54) is 24.0 Å². The van der Waals surface area contributed by atoms with E-state index < -0.39 is 5.97 Å². The Morgan fingerprint density at radius 1 is 1.45 bits per heavy atom. The number of anilines is 1. The number of rotatable bonds is 5. The lowest BCUT2D eigenvalue weighted by molar-refractivity contribution is -0.135. The van der Waals surface area contributed by atoms with Gasteiger partial charge in [0.25, 0.3) is 0 Å². The maximum atomic E-state index is 11.1. The van der Waals surface area contributed by atoms with Gasteiger partial charge in [-0.05, 0) is 38.2 Å². The van der Waals surface area contributed by atoms with Crippen LogP contribution >= 0.6 is 11.3 Å². The molecule has 0 atom stereocenters. The van der Waals surface area contributed by atoms with Crippen molar-refractivity contribution >= 4 is 33.3 Å². The van der Waals surface area contributed by atoms with Gasteiger partial charge in [0.15, 0.2) is 0 Å². The second kappa shape index (κ2) is 5.01. The average Bonchev–Trinajstić information content (AvgIpc) is 3.15. The highest BCUT2D eigenvalue weighted by molar-refractivity contribution is 7.18. The number of aromatic nitrogens is 2. The van der Waals surface area contributed by atoms with Crippen LogP contribution in [-0.4, -0.2) is 34.1 Å². The number of hydrogen-bond acceptors (Lipinski definition) is 5. The Kier molecular flexibility index (Phi) is 3.33. The van der Waals surface area contributed by atoms with Crippen molar-refractivity contribution in [2.75, 3.05) is 18.0 Å². The van der Waals surface area contributed by atoms with Crippen molar-refractivity contribution in [1.82, 2.24) is 9.97 Å². The van der Waals surface area contributed by atoms with Gasteiger partial charge in [-0.25, -0.2) is 9.97 Å². The fourth-order valence-corrected chi connectivity index (χ4v) is 3.40. The molecule has 5 nitrogen and oxygen atoms in total. The van der Waals surface area contributed by atoms with Gasteiger partial charge >= 0.3 is 5.97 Å². The number of fused-ring (bicyclic) bond motifs is 1. The average molecular weight is 291 g/mol. The van der Waals surface area contributed by atoms with Gasteiger partial charge in [-0.3, -0.25) is 4.79 Å². The molecule has 0 aliphatic heterocycles. The first-order chi connectivity index (χ1) is 9.56. The molecule has 0 radical (unpaired) electrons. The minimum Gasteiger partial charge on any atom is -0.480 e. The van der Waals surface area contributed by atoms with Gasteiger partial charge in [0.1, 0.15) is 23.5 Å². The minimum atomic E-state index is -0.818. The lowest BCUT2D eigenvalue weighted by atomic mass is 10.2. The molecule has 1 aliphatic carbocycles. The number of aliphatic carboxylic acids is 1.